The van der Waals surface area contributed by atoms with Crippen LogP contribution >= 0.6 is 0 Å². The highest BCUT2D eigenvalue weighted by Crippen LogP contribution is 2.35. The Balaban J connectivity index is 1.93. The Labute approximate surface area is 173 Å². The molecule has 0 saturated carbocycles. The van der Waals surface area contributed by atoms with Crippen LogP contribution in [0, 0.1) is 5.82 Å². The molecule has 0 aliphatic carbocycles. The molecule has 4 rings (SSSR count). The first-order valence-electron chi connectivity index (χ1n) is 9.56. The van der Waals surface area contributed by atoms with Crippen molar-refractivity contribution in [2.75, 3.05) is 11.9 Å². The predicted molar refractivity (Wildman–Crippen MR) is 113 cm³/mol. The number of amides is 1. The molecule has 0 saturated heterocycles. The molecule has 1 aromatic carbocycles. The number of aromatic nitrogens is 4. The molecule has 0 bridgehead atoms. The number of rotatable bonds is 5. The van der Waals surface area contributed by atoms with Crippen molar-refractivity contribution >= 4 is 11.7 Å². The first-order valence-corrected chi connectivity index (χ1v) is 9.56. The third-order valence-electron chi connectivity index (χ3n) is 4.84. The Bertz CT molecular complexity index is 1160. The highest BCUT2D eigenvalue weighted by Gasteiger charge is 2.28. The molecule has 0 N–H and O–H groups in total. The maximum atomic E-state index is 13.6. The fraction of sp³-hybridized carbons (Fsp3) is 0.130. The van der Waals surface area contributed by atoms with Crippen LogP contribution in [-0.2, 0) is 6.54 Å². The van der Waals surface area contributed by atoms with E-state index in [0.29, 0.717) is 29.3 Å². The SMILES string of the molecule is CCn1nc(-c2ccc(F)cc2)c(-c2ccncc2)c1C(=O)N(C)c1ccccn1. The summed E-state index contributed by atoms with van der Waals surface area (Å²) >= 11 is 0. The summed E-state index contributed by atoms with van der Waals surface area (Å²) in [6, 6.07) is 15.2. The second-order valence-electron chi connectivity index (χ2n) is 6.68. The standard InChI is InChI=1S/C23H20FN5O/c1-3-29-22(23(30)28(2)19-6-4-5-13-26-19)20(16-11-14-25-15-12-16)21(27-29)17-7-9-18(24)10-8-17/h4-15H,3H2,1-2H3. The van der Waals surface area contributed by atoms with Gasteiger partial charge in [0.2, 0.25) is 0 Å². The number of hydrogen-bond donors (Lipinski definition) is 0. The largest absolute Gasteiger partial charge is 0.294 e. The van der Waals surface area contributed by atoms with Crippen molar-refractivity contribution in [2.45, 2.75) is 13.5 Å². The van der Waals surface area contributed by atoms with Gasteiger partial charge in [-0.3, -0.25) is 19.4 Å². The van der Waals surface area contributed by atoms with E-state index in [4.69, 9.17) is 5.10 Å². The zero-order valence-electron chi connectivity index (χ0n) is 16.7. The zero-order valence-corrected chi connectivity index (χ0v) is 16.7. The third kappa shape index (κ3) is 3.57. The van der Waals surface area contributed by atoms with Crippen LogP contribution in [0.4, 0.5) is 10.2 Å². The summed E-state index contributed by atoms with van der Waals surface area (Å²) < 4.78 is 15.2. The third-order valence-corrected chi connectivity index (χ3v) is 4.84. The van der Waals surface area contributed by atoms with E-state index in [0.717, 1.165) is 11.1 Å². The number of aryl methyl sites for hydroxylation is 1. The molecule has 4 aromatic rings. The average molecular weight is 401 g/mol. The van der Waals surface area contributed by atoms with Gasteiger partial charge in [0.05, 0.1) is 0 Å². The van der Waals surface area contributed by atoms with Crippen molar-refractivity contribution in [3.8, 4) is 22.4 Å². The Hall–Kier alpha value is -3.87. The summed E-state index contributed by atoms with van der Waals surface area (Å²) in [5, 5.41) is 4.71. The minimum Gasteiger partial charge on any atom is -0.294 e. The zero-order chi connectivity index (χ0) is 21.1. The van der Waals surface area contributed by atoms with Crippen LogP contribution in [0.15, 0.2) is 73.2 Å². The lowest BCUT2D eigenvalue weighted by molar-refractivity contribution is 0.0982. The Morgan fingerprint density at radius 3 is 2.37 bits per heavy atom. The molecule has 30 heavy (non-hydrogen) atoms. The number of carbonyl (C=O) groups excluding carboxylic acids is 1. The second-order valence-corrected chi connectivity index (χ2v) is 6.68. The fourth-order valence-electron chi connectivity index (χ4n) is 3.32. The first-order chi connectivity index (χ1) is 14.6. The topological polar surface area (TPSA) is 63.9 Å². The quantitative estimate of drug-likeness (QED) is 0.496. The van der Waals surface area contributed by atoms with E-state index >= 15 is 0 Å². The van der Waals surface area contributed by atoms with Gasteiger partial charge >= 0.3 is 0 Å². The average Bonchev–Trinajstić information content (AvgIpc) is 3.19. The van der Waals surface area contributed by atoms with Crippen LogP contribution in [0.3, 0.4) is 0 Å². The normalized spacial score (nSPS) is 10.8. The van der Waals surface area contributed by atoms with E-state index < -0.39 is 0 Å². The summed E-state index contributed by atoms with van der Waals surface area (Å²) in [5.74, 6) is -0.0242. The van der Waals surface area contributed by atoms with Crippen molar-refractivity contribution < 1.29 is 9.18 Å². The van der Waals surface area contributed by atoms with E-state index in [-0.39, 0.29) is 11.7 Å². The maximum absolute atomic E-state index is 13.6. The Morgan fingerprint density at radius 1 is 1.00 bits per heavy atom. The molecule has 3 heterocycles. The second kappa shape index (κ2) is 8.24. The number of anilines is 1. The van der Waals surface area contributed by atoms with Crippen molar-refractivity contribution in [1.29, 1.82) is 0 Å². The summed E-state index contributed by atoms with van der Waals surface area (Å²) in [7, 11) is 1.69. The van der Waals surface area contributed by atoms with Crippen LogP contribution in [0.5, 0.6) is 0 Å². The first kappa shape index (κ1) is 19.4. The van der Waals surface area contributed by atoms with Crippen LogP contribution in [0.25, 0.3) is 22.4 Å². The van der Waals surface area contributed by atoms with Gasteiger partial charge in [0.25, 0.3) is 5.91 Å². The number of halogens is 1. The van der Waals surface area contributed by atoms with Gasteiger partial charge in [0.1, 0.15) is 23.0 Å². The van der Waals surface area contributed by atoms with Gasteiger partial charge in [-0.25, -0.2) is 9.37 Å². The highest BCUT2D eigenvalue weighted by atomic mass is 19.1. The van der Waals surface area contributed by atoms with Gasteiger partial charge in [0, 0.05) is 43.3 Å². The summed E-state index contributed by atoms with van der Waals surface area (Å²) in [5.41, 5.74) is 3.27. The van der Waals surface area contributed by atoms with Crippen LogP contribution < -0.4 is 4.90 Å². The molecule has 0 unspecified atom stereocenters. The minimum absolute atomic E-state index is 0.233. The lowest BCUT2D eigenvalue weighted by atomic mass is 9.99. The molecule has 0 radical (unpaired) electrons. The molecule has 1 amide bonds. The summed E-state index contributed by atoms with van der Waals surface area (Å²) in [6.45, 7) is 2.42. The minimum atomic E-state index is -0.328. The van der Waals surface area contributed by atoms with Crippen molar-refractivity contribution in [3.05, 3.63) is 84.7 Å². The molecule has 0 aliphatic heterocycles. The molecular formula is C23H20FN5O. The van der Waals surface area contributed by atoms with Crippen LogP contribution in [0.1, 0.15) is 17.4 Å². The molecule has 0 aliphatic rings. The monoisotopic (exact) mass is 401 g/mol. The lowest BCUT2D eigenvalue weighted by Gasteiger charge is -2.18. The van der Waals surface area contributed by atoms with Crippen molar-refractivity contribution in [2.24, 2.45) is 0 Å². The van der Waals surface area contributed by atoms with E-state index in [9.17, 15) is 9.18 Å². The molecule has 0 atom stereocenters. The van der Waals surface area contributed by atoms with Gasteiger partial charge in [-0.1, -0.05) is 6.07 Å². The summed E-state index contributed by atoms with van der Waals surface area (Å²) in [4.78, 5) is 23.4. The van der Waals surface area contributed by atoms with Crippen LogP contribution in [0.2, 0.25) is 0 Å². The summed E-state index contributed by atoms with van der Waals surface area (Å²) in [6.07, 6.45) is 4.98. The molecule has 6 nitrogen and oxygen atoms in total. The van der Waals surface area contributed by atoms with E-state index in [1.54, 1.807) is 54.6 Å². The molecule has 150 valence electrons. The smallest absolute Gasteiger partial charge is 0.278 e. The number of carbonyl (C=O) groups is 1. The lowest BCUT2D eigenvalue weighted by Crippen LogP contribution is -2.29. The number of benzene rings is 1. The van der Waals surface area contributed by atoms with Crippen molar-refractivity contribution in [3.63, 3.8) is 0 Å². The highest BCUT2D eigenvalue weighted by molar-refractivity contribution is 6.10. The molecule has 0 spiro atoms. The molecule has 3 aromatic heterocycles. The van der Waals surface area contributed by atoms with Gasteiger partial charge in [-0.05, 0) is 61.0 Å². The Kier molecular flexibility index (Phi) is 5.34. The maximum Gasteiger partial charge on any atom is 0.278 e. The van der Waals surface area contributed by atoms with Gasteiger partial charge < -0.3 is 0 Å². The van der Waals surface area contributed by atoms with Crippen molar-refractivity contribution in [1.82, 2.24) is 19.7 Å². The number of pyridine rings is 2. The molecular weight excluding hydrogens is 381 g/mol. The van der Waals surface area contributed by atoms with E-state index in [2.05, 4.69) is 9.97 Å². The van der Waals surface area contributed by atoms with Gasteiger partial charge in [-0.2, -0.15) is 5.10 Å². The van der Waals surface area contributed by atoms with E-state index in [1.165, 1.54) is 17.0 Å². The molecule has 7 heteroatoms. The molecule has 0 fully saturated rings. The predicted octanol–water partition coefficient (Wildman–Crippen LogP) is 4.44. The number of hydrogen-bond acceptors (Lipinski definition) is 4. The van der Waals surface area contributed by atoms with Crippen LogP contribution in [-0.4, -0.2) is 32.7 Å². The number of nitrogens with zero attached hydrogens (tertiary/aromatic N) is 5. The Morgan fingerprint density at radius 2 is 1.73 bits per heavy atom. The van der Waals surface area contributed by atoms with E-state index in [1.807, 2.05) is 25.1 Å². The fourth-order valence-corrected chi connectivity index (χ4v) is 3.32. The van der Waals surface area contributed by atoms with Gasteiger partial charge in [0.15, 0.2) is 0 Å². The van der Waals surface area contributed by atoms with Gasteiger partial charge in [-0.15, -0.1) is 0 Å².